The van der Waals surface area contributed by atoms with Crippen LogP contribution in [0, 0.1) is 0 Å². The van der Waals surface area contributed by atoms with Crippen LogP contribution in [0.1, 0.15) is 23.5 Å². The van der Waals surface area contributed by atoms with Crippen molar-refractivity contribution in [1.82, 2.24) is 24.9 Å². The first-order chi connectivity index (χ1) is 14.6. The molecule has 0 unspecified atom stereocenters. The first-order valence-corrected chi connectivity index (χ1v) is 10.0. The van der Waals surface area contributed by atoms with Gasteiger partial charge in [0.1, 0.15) is 23.0 Å². The van der Waals surface area contributed by atoms with Crippen LogP contribution in [-0.2, 0) is 14.2 Å². The molecule has 3 aromatic rings. The number of thiazole rings is 1. The molecule has 0 atom stereocenters. The fourth-order valence-electron chi connectivity index (χ4n) is 2.35. The predicted molar refractivity (Wildman–Crippen MR) is 111 cm³/mol. The second-order valence-electron chi connectivity index (χ2n) is 6.23. The zero-order valence-electron chi connectivity index (χ0n) is 16.9. The largest absolute Gasteiger partial charge is 0.459 e. The summed E-state index contributed by atoms with van der Waals surface area (Å²) in [5.74, 6) is -0.0956. The molecule has 0 spiro atoms. The van der Waals surface area contributed by atoms with E-state index in [0.717, 1.165) is 11.3 Å². The van der Waals surface area contributed by atoms with Crippen molar-refractivity contribution >= 4 is 28.4 Å². The lowest BCUT2D eigenvalue weighted by Crippen LogP contribution is -2.23. The van der Waals surface area contributed by atoms with E-state index < -0.39 is 5.97 Å². The number of carbonyl (C=O) groups is 1. The summed E-state index contributed by atoms with van der Waals surface area (Å²) in [6, 6.07) is 1.71. The lowest BCUT2D eigenvalue weighted by molar-refractivity contribution is 0.0384. The Morgan fingerprint density at radius 2 is 1.93 bits per heavy atom. The van der Waals surface area contributed by atoms with Gasteiger partial charge in [-0.05, 0) is 19.9 Å². The molecular weight excluding hydrogens is 408 g/mol. The molecule has 30 heavy (non-hydrogen) atoms. The summed E-state index contributed by atoms with van der Waals surface area (Å²) in [6.45, 7) is 4.52. The van der Waals surface area contributed by atoms with Crippen LogP contribution in [0.5, 0.6) is 0 Å². The maximum absolute atomic E-state index is 12.7. The second kappa shape index (κ2) is 10.7. The summed E-state index contributed by atoms with van der Waals surface area (Å²) >= 11 is 1.15. The van der Waals surface area contributed by atoms with Crippen molar-refractivity contribution in [3.63, 3.8) is 0 Å². The molecule has 0 aromatic carbocycles. The molecule has 0 bridgehead atoms. The summed E-state index contributed by atoms with van der Waals surface area (Å²) in [5, 5.41) is 0.468. The van der Waals surface area contributed by atoms with Crippen molar-refractivity contribution in [2.45, 2.75) is 20.0 Å². The minimum Gasteiger partial charge on any atom is -0.459 e. The molecule has 0 aliphatic heterocycles. The highest BCUT2D eigenvalue weighted by atomic mass is 32.1. The molecule has 0 aliphatic rings. The number of hydrogen-bond donors (Lipinski definition) is 0. The number of carbonyl (C=O) groups excluding carboxylic acids is 1. The molecule has 0 saturated heterocycles. The van der Waals surface area contributed by atoms with Gasteiger partial charge in [0.15, 0.2) is 5.13 Å². The van der Waals surface area contributed by atoms with E-state index in [1.54, 1.807) is 56.7 Å². The number of hydrogen-bond acceptors (Lipinski definition) is 11. The maximum atomic E-state index is 12.7. The fraction of sp³-hybridized carbons (Fsp3) is 0.368. The summed E-state index contributed by atoms with van der Waals surface area (Å²) < 4.78 is 16.1. The van der Waals surface area contributed by atoms with Gasteiger partial charge in [-0.25, -0.2) is 19.7 Å². The van der Waals surface area contributed by atoms with Crippen LogP contribution in [0.25, 0.3) is 11.4 Å². The van der Waals surface area contributed by atoms with E-state index in [-0.39, 0.29) is 12.8 Å². The van der Waals surface area contributed by atoms with Crippen LogP contribution in [0.15, 0.2) is 37.1 Å². The van der Waals surface area contributed by atoms with Crippen LogP contribution in [0.3, 0.4) is 0 Å². The molecule has 10 nitrogen and oxygen atoms in total. The highest BCUT2D eigenvalue weighted by Gasteiger charge is 2.26. The van der Waals surface area contributed by atoms with E-state index in [2.05, 4.69) is 24.9 Å². The molecule has 3 heterocycles. The quantitative estimate of drug-likeness (QED) is 0.270. The van der Waals surface area contributed by atoms with Crippen molar-refractivity contribution in [2.75, 3.05) is 32.0 Å². The number of rotatable bonds is 10. The normalized spacial score (nSPS) is 10.9. The zero-order chi connectivity index (χ0) is 21.3. The third-order valence-electron chi connectivity index (χ3n) is 3.63. The van der Waals surface area contributed by atoms with Gasteiger partial charge < -0.3 is 14.2 Å². The van der Waals surface area contributed by atoms with Crippen molar-refractivity contribution in [3.8, 4) is 11.4 Å². The topological polar surface area (TPSA) is 112 Å². The molecule has 0 fully saturated rings. The Kier molecular flexibility index (Phi) is 7.71. The predicted octanol–water partition coefficient (Wildman–Crippen LogP) is 2.71. The Labute approximate surface area is 177 Å². The van der Waals surface area contributed by atoms with Gasteiger partial charge >= 0.3 is 5.97 Å². The summed E-state index contributed by atoms with van der Waals surface area (Å²) in [4.78, 5) is 36.3. The molecule has 0 saturated carbocycles. The molecule has 0 amide bonds. The number of methoxy groups -OCH3 is 1. The summed E-state index contributed by atoms with van der Waals surface area (Å²) in [6.07, 6.45) is 7.60. The molecule has 11 heteroatoms. The number of nitrogens with zero attached hydrogens (tertiary/aromatic N) is 6. The molecule has 0 aliphatic carbocycles. The van der Waals surface area contributed by atoms with Gasteiger partial charge in [0.05, 0.1) is 25.5 Å². The number of anilines is 2. The lowest BCUT2D eigenvalue weighted by atomic mass is 10.3. The van der Waals surface area contributed by atoms with Gasteiger partial charge in [0, 0.05) is 31.9 Å². The first-order valence-electron chi connectivity index (χ1n) is 9.19. The highest BCUT2D eigenvalue weighted by Crippen LogP contribution is 2.35. The van der Waals surface area contributed by atoms with E-state index in [1.807, 2.05) is 0 Å². The van der Waals surface area contributed by atoms with Crippen LogP contribution in [0.4, 0.5) is 11.1 Å². The monoisotopic (exact) mass is 430 g/mol. The van der Waals surface area contributed by atoms with Crippen LogP contribution in [-0.4, -0.2) is 64.0 Å². The van der Waals surface area contributed by atoms with Crippen molar-refractivity contribution in [2.24, 2.45) is 0 Å². The summed E-state index contributed by atoms with van der Waals surface area (Å²) in [7, 11) is 1.60. The Morgan fingerprint density at radius 1 is 1.13 bits per heavy atom. The van der Waals surface area contributed by atoms with Crippen LogP contribution >= 0.6 is 11.3 Å². The third kappa shape index (κ3) is 5.53. The molecule has 158 valence electrons. The molecular formula is C19H22N6O4S. The Balaban J connectivity index is 2.00. The number of esters is 1. The van der Waals surface area contributed by atoms with Crippen LogP contribution in [0.2, 0.25) is 0 Å². The smallest absolute Gasteiger partial charge is 0.351 e. The molecule has 3 rings (SSSR count). The number of ether oxygens (including phenoxy) is 3. The molecule has 0 radical (unpaired) electrons. The average molecular weight is 430 g/mol. The van der Waals surface area contributed by atoms with Gasteiger partial charge in [-0.2, -0.15) is 0 Å². The fourth-order valence-corrected chi connectivity index (χ4v) is 3.29. The van der Waals surface area contributed by atoms with Crippen LogP contribution < -0.4 is 4.90 Å². The SMILES string of the molecule is COCCOCN(c1ncccn1)c1nc(-c2cnccn2)c(C(=O)OC(C)C)s1. The second-order valence-corrected chi connectivity index (χ2v) is 7.20. The standard InChI is InChI=1S/C19H22N6O4S/c1-13(2)29-17(26)16-15(14-11-20-7-8-21-14)24-19(30-16)25(12-28-10-9-27-3)18-22-5-4-6-23-18/h4-8,11,13H,9-10,12H2,1-3H3. The Hall–Kier alpha value is -3.02. The highest BCUT2D eigenvalue weighted by molar-refractivity contribution is 7.18. The molecule has 3 aromatic heterocycles. The minimum absolute atomic E-state index is 0.124. The van der Waals surface area contributed by atoms with Gasteiger partial charge in [0.2, 0.25) is 5.95 Å². The Bertz CT molecular complexity index is 939. The van der Waals surface area contributed by atoms with Gasteiger partial charge in [0.25, 0.3) is 0 Å². The van der Waals surface area contributed by atoms with E-state index >= 15 is 0 Å². The molecule has 0 N–H and O–H groups in total. The van der Waals surface area contributed by atoms with E-state index in [4.69, 9.17) is 14.2 Å². The minimum atomic E-state index is -0.483. The first kappa shape index (κ1) is 21.7. The average Bonchev–Trinajstić information content (AvgIpc) is 3.20. The summed E-state index contributed by atoms with van der Waals surface area (Å²) in [5.41, 5.74) is 0.844. The number of aromatic nitrogens is 5. The van der Waals surface area contributed by atoms with Gasteiger partial charge in [-0.1, -0.05) is 11.3 Å². The van der Waals surface area contributed by atoms with Crippen molar-refractivity contribution in [1.29, 1.82) is 0 Å². The zero-order valence-corrected chi connectivity index (χ0v) is 17.7. The third-order valence-corrected chi connectivity index (χ3v) is 4.68. The van der Waals surface area contributed by atoms with E-state index in [0.29, 0.717) is 40.6 Å². The van der Waals surface area contributed by atoms with Gasteiger partial charge in [-0.3, -0.25) is 14.9 Å². The Morgan fingerprint density at radius 3 is 2.60 bits per heavy atom. The van der Waals surface area contributed by atoms with E-state index in [9.17, 15) is 4.79 Å². The van der Waals surface area contributed by atoms with E-state index in [1.165, 1.54) is 6.20 Å². The maximum Gasteiger partial charge on any atom is 0.351 e. The van der Waals surface area contributed by atoms with Crippen molar-refractivity contribution < 1.29 is 19.0 Å². The van der Waals surface area contributed by atoms with Gasteiger partial charge in [-0.15, -0.1) is 0 Å². The lowest BCUT2D eigenvalue weighted by Gasteiger charge is -2.19. The van der Waals surface area contributed by atoms with Crippen molar-refractivity contribution in [3.05, 3.63) is 41.9 Å².